The van der Waals surface area contributed by atoms with Gasteiger partial charge in [0.25, 0.3) is 0 Å². The molecule has 0 spiro atoms. The van der Waals surface area contributed by atoms with Gasteiger partial charge in [-0.05, 0) is 45.2 Å². The smallest absolute Gasteiger partial charge is 0.219 e. The van der Waals surface area contributed by atoms with Crippen molar-refractivity contribution in [3.05, 3.63) is 0 Å². The van der Waals surface area contributed by atoms with E-state index in [-0.39, 0.29) is 18.4 Å². The van der Waals surface area contributed by atoms with Gasteiger partial charge in [-0.25, -0.2) is 0 Å². The van der Waals surface area contributed by atoms with Crippen molar-refractivity contribution in [2.75, 3.05) is 39.3 Å². The molecule has 0 aromatic heterocycles. The van der Waals surface area contributed by atoms with Crippen LogP contribution in [0.1, 0.15) is 110 Å². The third-order valence-corrected chi connectivity index (χ3v) is 5.59. The predicted octanol–water partition coefficient (Wildman–Crippen LogP) is 4.40. The molecule has 0 heterocycles. The van der Waals surface area contributed by atoms with E-state index in [2.05, 4.69) is 29.4 Å². The van der Waals surface area contributed by atoms with Crippen LogP contribution in [0.4, 0.5) is 0 Å². The summed E-state index contributed by atoms with van der Waals surface area (Å²) in [5, 5.41) is 15.2. The summed E-state index contributed by atoms with van der Waals surface area (Å²) in [6, 6.07) is 0. The van der Waals surface area contributed by atoms with Gasteiger partial charge in [0.15, 0.2) is 0 Å². The first-order valence-electron chi connectivity index (χ1n) is 13.0. The molecule has 0 aliphatic heterocycles. The number of carbonyl (C=O) groups excluding carboxylic acids is 2. The molecule has 184 valence electrons. The normalized spacial score (nSPS) is 11.1. The molecule has 6 nitrogen and oxygen atoms in total. The highest BCUT2D eigenvalue weighted by Crippen LogP contribution is 2.05. The van der Waals surface area contributed by atoms with E-state index in [1.54, 1.807) is 0 Å². The SMILES string of the molecule is CCCCCCCC(=O)NCCCN(CCCO)CCCNC(=O)CCCCCCC. The fourth-order valence-electron chi connectivity index (χ4n) is 3.65. The quantitative estimate of drug-likeness (QED) is 0.205. The maximum Gasteiger partial charge on any atom is 0.219 e. The van der Waals surface area contributed by atoms with Crippen molar-refractivity contribution in [3.63, 3.8) is 0 Å². The Morgan fingerprint density at radius 1 is 0.613 bits per heavy atom. The summed E-state index contributed by atoms with van der Waals surface area (Å²) in [6.45, 7) is 8.67. The molecule has 2 amide bonds. The van der Waals surface area contributed by atoms with Gasteiger partial charge in [-0.15, -0.1) is 0 Å². The molecule has 0 rings (SSSR count). The van der Waals surface area contributed by atoms with Crippen molar-refractivity contribution in [3.8, 4) is 0 Å². The van der Waals surface area contributed by atoms with E-state index in [1.807, 2.05) is 0 Å². The molecule has 0 aliphatic rings. The number of unbranched alkanes of at least 4 members (excludes halogenated alkanes) is 8. The van der Waals surface area contributed by atoms with Gasteiger partial charge in [0.1, 0.15) is 0 Å². The molecule has 0 saturated heterocycles. The average Bonchev–Trinajstić information content (AvgIpc) is 2.76. The van der Waals surface area contributed by atoms with E-state index in [4.69, 9.17) is 5.11 Å². The Kier molecular flexibility index (Phi) is 22.7. The molecular formula is C25H51N3O3. The van der Waals surface area contributed by atoms with Crippen LogP contribution in [0.15, 0.2) is 0 Å². The lowest BCUT2D eigenvalue weighted by Crippen LogP contribution is -2.33. The summed E-state index contributed by atoms with van der Waals surface area (Å²) >= 11 is 0. The summed E-state index contributed by atoms with van der Waals surface area (Å²) in [5.41, 5.74) is 0. The molecule has 0 bridgehead atoms. The van der Waals surface area contributed by atoms with Crippen LogP contribution < -0.4 is 10.6 Å². The Balaban J connectivity index is 3.81. The first-order chi connectivity index (χ1) is 15.1. The molecule has 0 radical (unpaired) electrons. The first kappa shape index (κ1) is 29.9. The van der Waals surface area contributed by atoms with Crippen LogP contribution in [0.3, 0.4) is 0 Å². The Labute approximate surface area is 191 Å². The number of carbonyl (C=O) groups is 2. The number of aliphatic hydroxyl groups excluding tert-OH is 1. The Bertz CT molecular complexity index is 385. The maximum atomic E-state index is 11.9. The second kappa shape index (κ2) is 23.5. The van der Waals surface area contributed by atoms with Crippen molar-refractivity contribution < 1.29 is 14.7 Å². The minimum Gasteiger partial charge on any atom is -0.396 e. The minimum atomic E-state index is 0.163. The van der Waals surface area contributed by atoms with Gasteiger partial charge in [-0.1, -0.05) is 65.2 Å². The first-order valence-corrected chi connectivity index (χ1v) is 13.0. The number of nitrogens with zero attached hydrogens (tertiary/aromatic N) is 1. The molecule has 0 aromatic carbocycles. The van der Waals surface area contributed by atoms with Gasteiger partial charge >= 0.3 is 0 Å². The lowest BCUT2D eigenvalue weighted by atomic mass is 10.1. The summed E-state index contributed by atoms with van der Waals surface area (Å²) in [7, 11) is 0. The molecule has 0 saturated carbocycles. The van der Waals surface area contributed by atoms with Crippen molar-refractivity contribution in [1.82, 2.24) is 15.5 Å². The van der Waals surface area contributed by atoms with Crippen molar-refractivity contribution >= 4 is 11.8 Å². The summed E-state index contributed by atoms with van der Waals surface area (Å²) in [4.78, 5) is 26.1. The zero-order chi connectivity index (χ0) is 23.0. The highest BCUT2D eigenvalue weighted by Gasteiger charge is 2.07. The molecule has 0 atom stereocenters. The van der Waals surface area contributed by atoms with Crippen molar-refractivity contribution in [2.24, 2.45) is 0 Å². The average molecular weight is 442 g/mol. The van der Waals surface area contributed by atoms with Crippen LogP contribution in [-0.4, -0.2) is 61.2 Å². The monoisotopic (exact) mass is 441 g/mol. The van der Waals surface area contributed by atoms with Crippen molar-refractivity contribution in [1.29, 1.82) is 0 Å². The van der Waals surface area contributed by atoms with Gasteiger partial charge in [-0.2, -0.15) is 0 Å². The molecule has 0 fully saturated rings. The molecular weight excluding hydrogens is 390 g/mol. The van der Waals surface area contributed by atoms with E-state index < -0.39 is 0 Å². The van der Waals surface area contributed by atoms with Gasteiger partial charge in [0, 0.05) is 39.1 Å². The van der Waals surface area contributed by atoms with Gasteiger partial charge < -0.3 is 20.6 Å². The van der Waals surface area contributed by atoms with Gasteiger partial charge in [0.05, 0.1) is 0 Å². The summed E-state index contributed by atoms with van der Waals surface area (Å²) in [6.07, 6.45) is 15.5. The van der Waals surface area contributed by atoms with E-state index in [9.17, 15) is 9.59 Å². The van der Waals surface area contributed by atoms with Crippen LogP contribution in [0.5, 0.6) is 0 Å². The fraction of sp³-hybridized carbons (Fsp3) is 0.920. The number of aliphatic hydroxyl groups is 1. The molecule has 0 aliphatic carbocycles. The zero-order valence-electron chi connectivity index (χ0n) is 20.6. The Hall–Kier alpha value is -1.14. The largest absolute Gasteiger partial charge is 0.396 e. The van der Waals surface area contributed by atoms with Crippen LogP contribution in [0.2, 0.25) is 0 Å². The van der Waals surface area contributed by atoms with Crippen molar-refractivity contribution in [2.45, 2.75) is 110 Å². The van der Waals surface area contributed by atoms with Crippen LogP contribution >= 0.6 is 0 Å². The number of amides is 2. The third-order valence-electron chi connectivity index (χ3n) is 5.59. The molecule has 31 heavy (non-hydrogen) atoms. The fourth-order valence-corrected chi connectivity index (χ4v) is 3.65. The number of nitrogens with one attached hydrogen (secondary N) is 2. The topological polar surface area (TPSA) is 81.7 Å². The highest BCUT2D eigenvalue weighted by atomic mass is 16.3. The molecule has 0 unspecified atom stereocenters. The van der Waals surface area contributed by atoms with Crippen LogP contribution in [-0.2, 0) is 9.59 Å². The second-order valence-electron chi connectivity index (χ2n) is 8.65. The van der Waals surface area contributed by atoms with E-state index >= 15 is 0 Å². The molecule has 6 heteroatoms. The lowest BCUT2D eigenvalue weighted by Gasteiger charge is -2.22. The third kappa shape index (κ3) is 21.9. The molecule has 0 aromatic rings. The number of hydrogen-bond donors (Lipinski definition) is 3. The van der Waals surface area contributed by atoms with Gasteiger partial charge in [0.2, 0.25) is 11.8 Å². The number of hydrogen-bond acceptors (Lipinski definition) is 4. The standard InChI is InChI=1S/C25H51N3O3/c1-3-5-7-9-11-16-24(30)26-18-13-20-28(22-15-23-29)21-14-19-27-25(31)17-12-10-8-6-4-2/h29H,3-23H2,1-2H3,(H,26,30)(H,27,31). The summed E-state index contributed by atoms with van der Waals surface area (Å²) in [5.74, 6) is 0.326. The van der Waals surface area contributed by atoms with E-state index in [1.165, 1.54) is 38.5 Å². The Morgan fingerprint density at radius 3 is 1.45 bits per heavy atom. The summed E-state index contributed by atoms with van der Waals surface area (Å²) < 4.78 is 0. The minimum absolute atomic E-state index is 0.163. The Morgan fingerprint density at radius 2 is 1.03 bits per heavy atom. The number of rotatable bonds is 23. The second-order valence-corrected chi connectivity index (χ2v) is 8.65. The maximum absolute atomic E-state index is 11.9. The van der Waals surface area contributed by atoms with E-state index in [0.717, 1.165) is 64.6 Å². The van der Waals surface area contributed by atoms with E-state index in [0.29, 0.717) is 25.9 Å². The predicted molar refractivity (Wildman–Crippen MR) is 130 cm³/mol. The molecule has 3 N–H and O–H groups in total. The highest BCUT2D eigenvalue weighted by molar-refractivity contribution is 5.76. The van der Waals surface area contributed by atoms with Crippen LogP contribution in [0.25, 0.3) is 0 Å². The zero-order valence-corrected chi connectivity index (χ0v) is 20.6. The lowest BCUT2D eigenvalue weighted by molar-refractivity contribution is -0.122. The van der Waals surface area contributed by atoms with Crippen LogP contribution in [0, 0.1) is 0 Å². The van der Waals surface area contributed by atoms with Gasteiger partial charge in [-0.3, -0.25) is 9.59 Å².